The van der Waals surface area contributed by atoms with Crippen LogP contribution in [0.3, 0.4) is 0 Å². The molecule has 3 heteroatoms. The summed E-state index contributed by atoms with van der Waals surface area (Å²) in [6.07, 6.45) is 1.00. The molecule has 2 aromatic carbocycles. The average Bonchev–Trinajstić information content (AvgIpc) is 2.54. The highest BCUT2D eigenvalue weighted by molar-refractivity contribution is 5.57. The summed E-state index contributed by atoms with van der Waals surface area (Å²) in [5.74, 6) is 1.78. The monoisotopic (exact) mass is 285 g/mol. The third kappa shape index (κ3) is 4.15. The quantitative estimate of drug-likeness (QED) is 0.802. The third-order valence-corrected chi connectivity index (χ3v) is 3.34. The maximum Gasteiger partial charge on any atom is 0.142 e. The molecule has 112 valence electrons. The first kappa shape index (κ1) is 15.2. The smallest absolute Gasteiger partial charge is 0.142 e. The Bertz CT molecular complexity index is 551. The molecule has 0 amide bonds. The lowest BCUT2D eigenvalue weighted by molar-refractivity contribution is 0.318. The van der Waals surface area contributed by atoms with Gasteiger partial charge in [-0.25, -0.2) is 0 Å². The Balaban J connectivity index is 2.09. The van der Waals surface area contributed by atoms with E-state index >= 15 is 0 Å². The van der Waals surface area contributed by atoms with Crippen molar-refractivity contribution >= 4 is 5.69 Å². The standard InChI is InChI=1S/C18H23NO2/c1-4-13-21-18-8-6-5-7-17(18)19-14(2)15-9-11-16(20-3)12-10-15/h5-12,14,19H,4,13H2,1-3H3. The van der Waals surface area contributed by atoms with Gasteiger partial charge in [0.2, 0.25) is 0 Å². The van der Waals surface area contributed by atoms with Gasteiger partial charge in [-0.15, -0.1) is 0 Å². The normalized spacial score (nSPS) is 11.8. The summed E-state index contributed by atoms with van der Waals surface area (Å²) in [4.78, 5) is 0. The number of hydrogen-bond acceptors (Lipinski definition) is 3. The second-order valence-corrected chi connectivity index (χ2v) is 4.98. The summed E-state index contributed by atoms with van der Waals surface area (Å²) in [5, 5.41) is 3.51. The van der Waals surface area contributed by atoms with Gasteiger partial charge in [-0.1, -0.05) is 31.2 Å². The number of methoxy groups -OCH3 is 1. The van der Waals surface area contributed by atoms with E-state index in [9.17, 15) is 0 Å². The molecule has 0 radical (unpaired) electrons. The maximum atomic E-state index is 5.78. The molecule has 0 fully saturated rings. The second-order valence-electron chi connectivity index (χ2n) is 4.98. The van der Waals surface area contributed by atoms with E-state index in [2.05, 4.69) is 31.3 Å². The Morgan fingerprint density at radius 1 is 1.05 bits per heavy atom. The Morgan fingerprint density at radius 2 is 1.76 bits per heavy atom. The van der Waals surface area contributed by atoms with Gasteiger partial charge in [0.25, 0.3) is 0 Å². The molecule has 0 saturated carbocycles. The lowest BCUT2D eigenvalue weighted by Crippen LogP contribution is -2.08. The molecule has 0 heterocycles. The minimum Gasteiger partial charge on any atom is -0.497 e. The zero-order chi connectivity index (χ0) is 15.1. The van der Waals surface area contributed by atoms with Crippen molar-refractivity contribution in [1.82, 2.24) is 0 Å². The van der Waals surface area contributed by atoms with Gasteiger partial charge >= 0.3 is 0 Å². The van der Waals surface area contributed by atoms with Gasteiger partial charge in [0.05, 0.1) is 19.4 Å². The number of nitrogens with one attached hydrogen (secondary N) is 1. The number of anilines is 1. The van der Waals surface area contributed by atoms with E-state index in [1.807, 2.05) is 36.4 Å². The molecule has 2 rings (SSSR count). The maximum absolute atomic E-state index is 5.78. The van der Waals surface area contributed by atoms with Crippen LogP contribution in [0.15, 0.2) is 48.5 Å². The molecule has 0 spiro atoms. The molecule has 2 aromatic rings. The highest BCUT2D eigenvalue weighted by Gasteiger charge is 2.09. The predicted molar refractivity (Wildman–Crippen MR) is 87.3 cm³/mol. The molecule has 0 aliphatic carbocycles. The van der Waals surface area contributed by atoms with Crippen LogP contribution in [-0.2, 0) is 0 Å². The zero-order valence-electron chi connectivity index (χ0n) is 12.9. The van der Waals surface area contributed by atoms with Crippen LogP contribution in [0.5, 0.6) is 11.5 Å². The van der Waals surface area contributed by atoms with Crippen LogP contribution < -0.4 is 14.8 Å². The minimum atomic E-state index is 0.197. The van der Waals surface area contributed by atoms with E-state index in [1.165, 1.54) is 5.56 Å². The first-order chi connectivity index (χ1) is 10.2. The Kier molecular flexibility index (Phi) is 5.50. The zero-order valence-corrected chi connectivity index (χ0v) is 12.9. The number of para-hydroxylation sites is 2. The Hall–Kier alpha value is -2.16. The Labute approximate surface area is 126 Å². The number of hydrogen-bond donors (Lipinski definition) is 1. The molecule has 0 aliphatic heterocycles. The van der Waals surface area contributed by atoms with Gasteiger partial charge in [0.1, 0.15) is 11.5 Å². The van der Waals surface area contributed by atoms with Crippen molar-refractivity contribution in [1.29, 1.82) is 0 Å². The fourth-order valence-electron chi connectivity index (χ4n) is 2.13. The van der Waals surface area contributed by atoms with Crippen LogP contribution in [0, 0.1) is 0 Å². The van der Waals surface area contributed by atoms with Crippen molar-refractivity contribution in [3.8, 4) is 11.5 Å². The highest BCUT2D eigenvalue weighted by atomic mass is 16.5. The van der Waals surface area contributed by atoms with Gasteiger partial charge < -0.3 is 14.8 Å². The molecule has 0 aliphatic rings. The van der Waals surface area contributed by atoms with Gasteiger partial charge in [-0.2, -0.15) is 0 Å². The van der Waals surface area contributed by atoms with Crippen LogP contribution in [0.25, 0.3) is 0 Å². The summed E-state index contributed by atoms with van der Waals surface area (Å²) >= 11 is 0. The van der Waals surface area contributed by atoms with Gasteiger partial charge in [-0.3, -0.25) is 0 Å². The Morgan fingerprint density at radius 3 is 2.43 bits per heavy atom. The van der Waals surface area contributed by atoms with E-state index < -0.39 is 0 Å². The topological polar surface area (TPSA) is 30.5 Å². The summed E-state index contributed by atoms with van der Waals surface area (Å²) < 4.78 is 11.0. The highest BCUT2D eigenvalue weighted by Crippen LogP contribution is 2.28. The third-order valence-electron chi connectivity index (χ3n) is 3.34. The lowest BCUT2D eigenvalue weighted by atomic mass is 10.1. The summed E-state index contributed by atoms with van der Waals surface area (Å²) in [6, 6.07) is 16.4. The van der Waals surface area contributed by atoms with Gasteiger partial charge in [0, 0.05) is 6.04 Å². The van der Waals surface area contributed by atoms with Crippen molar-refractivity contribution < 1.29 is 9.47 Å². The SMILES string of the molecule is CCCOc1ccccc1NC(C)c1ccc(OC)cc1. The molecule has 0 bridgehead atoms. The fraction of sp³-hybridized carbons (Fsp3) is 0.333. The van der Waals surface area contributed by atoms with Crippen LogP contribution in [0.4, 0.5) is 5.69 Å². The van der Waals surface area contributed by atoms with Gasteiger partial charge in [-0.05, 0) is 43.2 Å². The van der Waals surface area contributed by atoms with Crippen molar-refractivity contribution in [3.63, 3.8) is 0 Å². The van der Waals surface area contributed by atoms with Crippen LogP contribution in [-0.4, -0.2) is 13.7 Å². The second kappa shape index (κ2) is 7.58. The predicted octanol–water partition coefficient (Wildman–Crippen LogP) is 4.66. The summed E-state index contributed by atoms with van der Waals surface area (Å²) in [5.41, 5.74) is 2.23. The average molecular weight is 285 g/mol. The first-order valence-corrected chi connectivity index (χ1v) is 7.37. The van der Waals surface area contributed by atoms with Crippen molar-refractivity contribution in [3.05, 3.63) is 54.1 Å². The lowest BCUT2D eigenvalue weighted by Gasteiger charge is -2.19. The molecular weight excluding hydrogens is 262 g/mol. The first-order valence-electron chi connectivity index (χ1n) is 7.37. The molecule has 3 nitrogen and oxygen atoms in total. The van der Waals surface area contributed by atoms with E-state index in [4.69, 9.17) is 9.47 Å². The summed E-state index contributed by atoms with van der Waals surface area (Å²) in [6.45, 7) is 4.98. The van der Waals surface area contributed by atoms with Crippen LogP contribution >= 0.6 is 0 Å². The van der Waals surface area contributed by atoms with Crippen LogP contribution in [0.1, 0.15) is 31.9 Å². The fourth-order valence-corrected chi connectivity index (χ4v) is 2.13. The molecular formula is C18H23NO2. The molecule has 1 unspecified atom stereocenters. The largest absolute Gasteiger partial charge is 0.497 e. The van der Waals surface area contributed by atoms with E-state index in [0.717, 1.165) is 30.2 Å². The molecule has 1 atom stereocenters. The van der Waals surface area contributed by atoms with E-state index in [0.29, 0.717) is 0 Å². The number of ether oxygens (including phenoxy) is 2. The summed E-state index contributed by atoms with van der Waals surface area (Å²) in [7, 11) is 1.68. The molecule has 1 N–H and O–H groups in total. The van der Waals surface area contributed by atoms with E-state index in [1.54, 1.807) is 7.11 Å². The van der Waals surface area contributed by atoms with E-state index in [-0.39, 0.29) is 6.04 Å². The molecule has 21 heavy (non-hydrogen) atoms. The minimum absolute atomic E-state index is 0.197. The molecule has 0 aromatic heterocycles. The van der Waals surface area contributed by atoms with Crippen molar-refractivity contribution in [2.45, 2.75) is 26.3 Å². The van der Waals surface area contributed by atoms with Gasteiger partial charge in [0.15, 0.2) is 0 Å². The van der Waals surface area contributed by atoms with Crippen molar-refractivity contribution in [2.75, 3.05) is 19.0 Å². The molecule has 0 saturated heterocycles. The number of benzene rings is 2. The van der Waals surface area contributed by atoms with Crippen LogP contribution in [0.2, 0.25) is 0 Å². The number of rotatable bonds is 7. The van der Waals surface area contributed by atoms with Crippen molar-refractivity contribution in [2.24, 2.45) is 0 Å².